The van der Waals surface area contributed by atoms with Crippen molar-refractivity contribution in [3.63, 3.8) is 0 Å². The fraction of sp³-hybridized carbons (Fsp3) is 0.143. The zero-order valence-corrected chi connectivity index (χ0v) is 7.62. The summed E-state index contributed by atoms with van der Waals surface area (Å²) in [5, 5.41) is 15.1. The van der Waals surface area contributed by atoms with Gasteiger partial charge in [0.1, 0.15) is 12.4 Å². The maximum absolute atomic E-state index is 8.50. The average molecular weight is 191 g/mol. The largest absolute Gasteiger partial charge is 0.252 e. The van der Waals surface area contributed by atoms with Crippen molar-refractivity contribution in [3.05, 3.63) is 23.2 Å². The third kappa shape index (κ3) is 1.41. The number of aromatic nitrogens is 4. The van der Waals surface area contributed by atoms with Gasteiger partial charge < -0.3 is 0 Å². The molecule has 2 aromatic heterocycles. The molecule has 0 radical (unpaired) electrons. The fourth-order valence-electron chi connectivity index (χ4n) is 0.853. The summed E-state index contributed by atoms with van der Waals surface area (Å²) >= 11 is 1.47. The Morgan fingerprint density at radius 1 is 1.62 bits per heavy atom. The van der Waals surface area contributed by atoms with Gasteiger partial charge in [0.15, 0.2) is 0 Å². The molecule has 0 atom stereocenters. The number of rotatable bonds is 1. The standard InChI is InChI=1S/C7H5N5S/c1-5-3-13-7(10-5)12-4-9-6(2-8)11-12/h3-4H,1H3. The summed E-state index contributed by atoms with van der Waals surface area (Å²) in [6, 6.07) is 1.86. The number of thiazole rings is 1. The molecule has 64 valence electrons. The molecule has 0 amide bonds. The van der Waals surface area contributed by atoms with Gasteiger partial charge in [0.05, 0.1) is 5.69 Å². The van der Waals surface area contributed by atoms with E-state index in [2.05, 4.69) is 15.1 Å². The van der Waals surface area contributed by atoms with Crippen LogP contribution < -0.4 is 0 Å². The summed E-state index contributed by atoms with van der Waals surface area (Å²) in [7, 11) is 0. The molecule has 6 heteroatoms. The van der Waals surface area contributed by atoms with Crippen LogP contribution in [-0.4, -0.2) is 19.7 Å². The summed E-state index contributed by atoms with van der Waals surface area (Å²) in [5.74, 6) is 0.160. The van der Waals surface area contributed by atoms with Crippen molar-refractivity contribution in [3.8, 4) is 11.2 Å². The lowest BCUT2D eigenvalue weighted by Gasteiger charge is -1.89. The van der Waals surface area contributed by atoms with Crippen LogP contribution in [0, 0.1) is 18.3 Å². The van der Waals surface area contributed by atoms with Crippen molar-refractivity contribution in [2.24, 2.45) is 0 Å². The summed E-state index contributed by atoms with van der Waals surface area (Å²) in [6.07, 6.45) is 1.48. The van der Waals surface area contributed by atoms with Crippen LogP contribution in [0.15, 0.2) is 11.7 Å². The Bertz CT molecular complexity index is 463. The van der Waals surface area contributed by atoms with E-state index >= 15 is 0 Å². The van der Waals surface area contributed by atoms with Gasteiger partial charge in [-0.15, -0.1) is 16.4 Å². The molecule has 13 heavy (non-hydrogen) atoms. The molecule has 0 saturated carbocycles. The van der Waals surface area contributed by atoms with Gasteiger partial charge in [-0.1, -0.05) is 0 Å². The first-order valence-corrected chi connectivity index (χ1v) is 4.42. The van der Waals surface area contributed by atoms with E-state index in [4.69, 9.17) is 5.26 Å². The third-order valence-electron chi connectivity index (χ3n) is 1.39. The Morgan fingerprint density at radius 2 is 2.46 bits per heavy atom. The van der Waals surface area contributed by atoms with E-state index in [9.17, 15) is 0 Å². The number of hydrogen-bond acceptors (Lipinski definition) is 5. The van der Waals surface area contributed by atoms with Gasteiger partial charge in [-0.25, -0.2) is 9.97 Å². The molecular weight excluding hydrogens is 186 g/mol. The first kappa shape index (κ1) is 7.89. The second-order valence-corrected chi connectivity index (χ2v) is 3.23. The van der Waals surface area contributed by atoms with Gasteiger partial charge in [0.25, 0.3) is 5.82 Å². The lowest BCUT2D eigenvalue weighted by molar-refractivity contribution is 0.858. The lowest BCUT2D eigenvalue weighted by atomic mass is 10.6. The molecule has 0 unspecified atom stereocenters. The Hall–Kier alpha value is -1.74. The number of nitrogens with zero attached hydrogens (tertiary/aromatic N) is 5. The van der Waals surface area contributed by atoms with E-state index < -0.39 is 0 Å². The molecular formula is C7H5N5S. The van der Waals surface area contributed by atoms with Crippen molar-refractivity contribution in [1.82, 2.24) is 19.7 Å². The lowest BCUT2D eigenvalue weighted by Crippen LogP contribution is -1.93. The van der Waals surface area contributed by atoms with Crippen molar-refractivity contribution in [1.29, 1.82) is 5.26 Å². The normalized spacial score (nSPS) is 9.85. The Balaban J connectivity index is 2.42. The summed E-state index contributed by atoms with van der Waals surface area (Å²) in [6.45, 7) is 1.90. The van der Waals surface area contributed by atoms with Crippen molar-refractivity contribution < 1.29 is 0 Å². The molecule has 0 spiro atoms. The second-order valence-electron chi connectivity index (χ2n) is 2.40. The van der Waals surface area contributed by atoms with Crippen LogP contribution in [0.25, 0.3) is 5.13 Å². The molecule has 2 aromatic rings. The average Bonchev–Trinajstić information content (AvgIpc) is 2.71. The van der Waals surface area contributed by atoms with E-state index in [1.807, 2.05) is 18.4 Å². The molecule has 0 bridgehead atoms. The second kappa shape index (κ2) is 2.95. The topological polar surface area (TPSA) is 67.4 Å². The van der Waals surface area contributed by atoms with E-state index in [-0.39, 0.29) is 5.82 Å². The maximum atomic E-state index is 8.50. The van der Waals surface area contributed by atoms with E-state index in [0.717, 1.165) is 10.8 Å². The van der Waals surface area contributed by atoms with Gasteiger partial charge in [-0.05, 0) is 6.92 Å². The molecule has 0 fully saturated rings. The first-order valence-electron chi connectivity index (χ1n) is 3.54. The molecule has 0 aliphatic carbocycles. The van der Waals surface area contributed by atoms with Gasteiger partial charge in [0, 0.05) is 5.38 Å². The summed E-state index contributed by atoms with van der Waals surface area (Å²) < 4.78 is 1.50. The van der Waals surface area contributed by atoms with E-state index in [1.165, 1.54) is 22.3 Å². The molecule has 0 saturated heterocycles. The minimum Gasteiger partial charge on any atom is -0.224 e. The molecule has 2 rings (SSSR count). The van der Waals surface area contributed by atoms with Crippen LogP contribution in [-0.2, 0) is 0 Å². The van der Waals surface area contributed by atoms with Gasteiger partial charge in [0.2, 0.25) is 5.13 Å². The van der Waals surface area contributed by atoms with E-state index in [0.29, 0.717) is 0 Å². The minimum absolute atomic E-state index is 0.160. The van der Waals surface area contributed by atoms with Crippen molar-refractivity contribution in [2.75, 3.05) is 0 Å². The zero-order valence-electron chi connectivity index (χ0n) is 6.80. The Labute approximate surface area is 78.3 Å². The number of aryl methyl sites for hydroxylation is 1. The molecule has 5 nitrogen and oxygen atoms in total. The fourth-order valence-corrected chi connectivity index (χ4v) is 1.57. The monoisotopic (exact) mass is 191 g/mol. The summed E-state index contributed by atoms with van der Waals surface area (Å²) in [5.41, 5.74) is 0.939. The number of nitriles is 1. The van der Waals surface area contributed by atoms with Crippen LogP contribution >= 0.6 is 11.3 Å². The predicted molar refractivity (Wildman–Crippen MR) is 46.5 cm³/mol. The van der Waals surface area contributed by atoms with Gasteiger partial charge in [-0.2, -0.15) is 9.94 Å². The highest BCUT2D eigenvalue weighted by Gasteiger charge is 2.04. The van der Waals surface area contributed by atoms with Crippen LogP contribution in [0.5, 0.6) is 0 Å². The Morgan fingerprint density at radius 3 is 3.00 bits per heavy atom. The molecule has 0 aromatic carbocycles. The highest BCUT2D eigenvalue weighted by Crippen LogP contribution is 2.12. The van der Waals surface area contributed by atoms with Gasteiger partial charge >= 0.3 is 0 Å². The SMILES string of the molecule is Cc1csc(-n2cnc(C#N)n2)n1. The van der Waals surface area contributed by atoms with Gasteiger partial charge in [-0.3, -0.25) is 0 Å². The first-order chi connectivity index (χ1) is 6.29. The zero-order chi connectivity index (χ0) is 9.26. The minimum atomic E-state index is 0.160. The third-order valence-corrected chi connectivity index (χ3v) is 2.34. The maximum Gasteiger partial charge on any atom is 0.252 e. The van der Waals surface area contributed by atoms with Crippen LogP contribution in [0.3, 0.4) is 0 Å². The van der Waals surface area contributed by atoms with Crippen LogP contribution in [0.2, 0.25) is 0 Å². The smallest absolute Gasteiger partial charge is 0.224 e. The van der Waals surface area contributed by atoms with Crippen molar-refractivity contribution >= 4 is 11.3 Å². The summed E-state index contributed by atoms with van der Waals surface area (Å²) in [4.78, 5) is 7.98. The van der Waals surface area contributed by atoms with Crippen LogP contribution in [0.1, 0.15) is 11.5 Å². The number of hydrogen-bond donors (Lipinski definition) is 0. The molecule has 0 aliphatic heterocycles. The Kier molecular flexibility index (Phi) is 1.79. The predicted octanol–water partition coefficient (Wildman–Crippen LogP) is 0.904. The molecule has 0 aliphatic rings. The molecule has 2 heterocycles. The molecule has 0 N–H and O–H groups in total. The highest BCUT2D eigenvalue weighted by molar-refractivity contribution is 7.12. The quantitative estimate of drug-likeness (QED) is 0.671. The van der Waals surface area contributed by atoms with E-state index in [1.54, 1.807) is 0 Å². The van der Waals surface area contributed by atoms with Crippen molar-refractivity contribution in [2.45, 2.75) is 6.92 Å². The highest BCUT2D eigenvalue weighted by atomic mass is 32.1. The van der Waals surface area contributed by atoms with Crippen LogP contribution in [0.4, 0.5) is 0 Å².